The van der Waals surface area contributed by atoms with Gasteiger partial charge in [-0.3, -0.25) is 4.90 Å². The summed E-state index contributed by atoms with van der Waals surface area (Å²) >= 11 is 0. The summed E-state index contributed by atoms with van der Waals surface area (Å²) < 4.78 is 30.9. The second-order valence-electron chi connectivity index (χ2n) is 5.50. The zero-order valence-corrected chi connectivity index (χ0v) is 11.3. The van der Waals surface area contributed by atoms with Gasteiger partial charge in [0.25, 0.3) is 0 Å². The molecule has 2 atom stereocenters. The van der Waals surface area contributed by atoms with Crippen LogP contribution in [-0.4, -0.2) is 55.6 Å². The van der Waals surface area contributed by atoms with Gasteiger partial charge in [0.05, 0.1) is 6.42 Å². The third-order valence-electron chi connectivity index (χ3n) is 3.88. The standard InChI is InChI=1S/C13H22F2N2O2/c1-2-17(8-10-4-3-5-16-7-10)9-11-6-13(14,15)12(18)19-11/h10-11,16H,2-9H2,1H3. The molecule has 0 spiro atoms. The molecule has 2 unspecified atom stereocenters. The van der Waals surface area contributed by atoms with E-state index in [4.69, 9.17) is 4.74 Å². The Hall–Kier alpha value is -0.750. The van der Waals surface area contributed by atoms with Crippen molar-refractivity contribution in [3.8, 4) is 0 Å². The molecule has 0 bridgehead atoms. The average molecular weight is 276 g/mol. The molecule has 1 N–H and O–H groups in total. The Bertz CT molecular complexity index is 320. The van der Waals surface area contributed by atoms with Crippen LogP contribution in [-0.2, 0) is 9.53 Å². The Morgan fingerprint density at radius 3 is 2.79 bits per heavy atom. The molecule has 4 nitrogen and oxygen atoms in total. The summed E-state index contributed by atoms with van der Waals surface area (Å²) in [6.45, 7) is 6.13. The molecule has 2 rings (SSSR count). The molecule has 2 aliphatic rings. The minimum absolute atomic E-state index is 0.411. The van der Waals surface area contributed by atoms with Crippen molar-refractivity contribution in [1.29, 1.82) is 0 Å². The molecule has 0 aromatic carbocycles. The summed E-state index contributed by atoms with van der Waals surface area (Å²) in [7, 11) is 0. The van der Waals surface area contributed by atoms with Gasteiger partial charge in [0.2, 0.25) is 0 Å². The van der Waals surface area contributed by atoms with Crippen molar-refractivity contribution in [3.63, 3.8) is 0 Å². The number of rotatable bonds is 5. The van der Waals surface area contributed by atoms with Gasteiger partial charge < -0.3 is 10.1 Å². The first-order valence-electron chi connectivity index (χ1n) is 7.03. The number of hydrogen-bond donors (Lipinski definition) is 1. The number of halogens is 2. The first-order chi connectivity index (χ1) is 9.01. The second-order valence-corrected chi connectivity index (χ2v) is 5.50. The highest BCUT2D eigenvalue weighted by atomic mass is 19.3. The molecule has 2 aliphatic heterocycles. The summed E-state index contributed by atoms with van der Waals surface area (Å²) in [5.41, 5.74) is 0. The first kappa shape index (κ1) is 14.7. The Morgan fingerprint density at radius 1 is 1.47 bits per heavy atom. The van der Waals surface area contributed by atoms with E-state index in [1.807, 2.05) is 6.92 Å². The van der Waals surface area contributed by atoms with Gasteiger partial charge in [-0.15, -0.1) is 0 Å². The van der Waals surface area contributed by atoms with Gasteiger partial charge in [-0.05, 0) is 38.4 Å². The molecule has 0 radical (unpaired) electrons. The van der Waals surface area contributed by atoms with Crippen molar-refractivity contribution in [2.45, 2.75) is 38.2 Å². The van der Waals surface area contributed by atoms with E-state index in [2.05, 4.69) is 10.2 Å². The van der Waals surface area contributed by atoms with Crippen molar-refractivity contribution >= 4 is 5.97 Å². The van der Waals surface area contributed by atoms with Crippen molar-refractivity contribution in [2.24, 2.45) is 5.92 Å². The van der Waals surface area contributed by atoms with Crippen LogP contribution >= 0.6 is 0 Å². The molecule has 0 aromatic heterocycles. The molecule has 2 saturated heterocycles. The third-order valence-corrected chi connectivity index (χ3v) is 3.88. The molecule has 0 aliphatic carbocycles. The number of nitrogens with zero attached hydrogens (tertiary/aromatic N) is 1. The third kappa shape index (κ3) is 3.86. The lowest BCUT2D eigenvalue weighted by atomic mass is 9.99. The minimum atomic E-state index is -3.30. The van der Waals surface area contributed by atoms with Crippen LogP contribution in [0.2, 0.25) is 0 Å². The van der Waals surface area contributed by atoms with Crippen LogP contribution in [0, 0.1) is 5.92 Å². The number of carbonyl (C=O) groups is 1. The van der Waals surface area contributed by atoms with Crippen LogP contribution < -0.4 is 5.32 Å². The van der Waals surface area contributed by atoms with Gasteiger partial charge in [-0.25, -0.2) is 4.79 Å². The van der Waals surface area contributed by atoms with Crippen molar-refractivity contribution in [2.75, 3.05) is 32.7 Å². The molecule has 2 fully saturated rings. The second kappa shape index (κ2) is 6.13. The molecule has 19 heavy (non-hydrogen) atoms. The number of piperidine rings is 1. The van der Waals surface area contributed by atoms with E-state index in [0.29, 0.717) is 12.5 Å². The zero-order valence-electron chi connectivity index (χ0n) is 11.3. The Labute approximate surface area is 112 Å². The minimum Gasteiger partial charge on any atom is -0.456 e. The fraction of sp³-hybridized carbons (Fsp3) is 0.923. The SMILES string of the molecule is CCN(CC1CCCNC1)CC1CC(F)(F)C(=O)O1. The van der Waals surface area contributed by atoms with Gasteiger partial charge in [0, 0.05) is 13.1 Å². The van der Waals surface area contributed by atoms with E-state index in [0.717, 1.165) is 26.2 Å². The van der Waals surface area contributed by atoms with Gasteiger partial charge in [-0.2, -0.15) is 8.78 Å². The van der Waals surface area contributed by atoms with Crippen LogP contribution in [0.15, 0.2) is 0 Å². The lowest BCUT2D eigenvalue weighted by Crippen LogP contribution is -2.41. The summed E-state index contributed by atoms with van der Waals surface area (Å²) in [6, 6.07) is 0. The van der Waals surface area contributed by atoms with Crippen LogP contribution in [0.3, 0.4) is 0 Å². The zero-order chi connectivity index (χ0) is 13.9. The number of nitrogens with one attached hydrogen (secondary N) is 1. The summed E-state index contributed by atoms with van der Waals surface area (Å²) in [5, 5.41) is 3.35. The predicted molar refractivity (Wildman–Crippen MR) is 67.2 cm³/mol. The van der Waals surface area contributed by atoms with Crippen molar-refractivity contribution < 1.29 is 18.3 Å². The Balaban J connectivity index is 1.80. The largest absolute Gasteiger partial charge is 0.456 e. The Morgan fingerprint density at radius 2 is 2.26 bits per heavy atom. The van der Waals surface area contributed by atoms with Crippen LogP contribution in [0.5, 0.6) is 0 Å². The van der Waals surface area contributed by atoms with Gasteiger partial charge in [-0.1, -0.05) is 6.92 Å². The normalized spacial score (nSPS) is 30.6. The smallest absolute Gasteiger partial charge is 0.377 e. The molecule has 0 aromatic rings. The summed E-state index contributed by atoms with van der Waals surface area (Å²) in [6.07, 6.45) is 1.19. The van der Waals surface area contributed by atoms with Crippen LogP contribution in [0.1, 0.15) is 26.2 Å². The lowest BCUT2D eigenvalue weighted by Gasteiger charge is -2.30. The summed E-state index contributed by atoms with van der Waals surface area (Å²) in [4.78, 5) is 13.1. The fourth-order valence-electron chi connectivity index (χ4n) is 2.82. The molecule has 110 valence electrons. The number of hydrogen-bond acceptors (Lipinski definition) is 4. The van der Waals surface area contributed by atoms with Crippen molar-refractivity contribution in [1.82, 2.24) is 10.2 Å². The quantitative estimate of drug-likeness (QED) is 0.768. The fourth-order valence-corrected chi connectivity index (χ4v) is 2.82. The van der Waals surface area contributed by atoms with Crippen molar-refractivity contribution in [3.05, 3.63) is 0 Å². The number of alkyl halides is 2. The first-order valence-corrected chi connectivity index (χ1v) is 7.03. The van der Waals surface area contributed by atoms with Gasteiger partial charge in [0.15, 0.2) is 0 Å². The Kier molecular flexibility index (Phi) is 4.73. The van der Waals surface area contributed by atoms with E-state index in [9.17, 15) is 13.6 Å². The lowest BCUT2D eigenvalue weighted by molar-refractivity contribution is -0.159. The maximum atomic E-state index is 13.1. The van der Waals surface area contributed by atoms with E-state index in [1.54, 1.807) is 0 Å². The highest BCUT2D eigenvalue weighted by Gasteiger charge is 2.50. The maximum absolute atomic E-state index is 13.1. The molecule has 2 heterocycles. The predicted octanol–water partition coefficient (Wildman–Crippen LogP) is 1.26. The number of carbonyl (C=O) groups excluding carboxylic acids is 1. The van der Waals surface area contributed by atoms with E-state index in [1.165, 1.54) is 12.8 Å². The molecule has 0 amide bonds. The monoisotopic (exact) mass is 276 g/mol. The topological polar surface area (TPSA) is 41.6 Å². The highest BCUT2D eigenvalue weighted by Crippen LogP contribution is 2.31. The molecular weight excluding hydrogens is 254 g/mol. The molecule has 6 heteroatoms. The summed E-state index contributed by atoms with van der Waals surface area (Å²) in [5.74, 6) is -4.10. The van der Waals surface area contributed by atoms with Crippen LogP contribution in [0.4, 0.5) is 8.78 Å². The maximum Gasteiger partial charge on any atom is 0.377 e. The molecule has 0 saturated carbocycles. The van der Waals surface area contributed by atoms with E-state index >= 15 is 0 Å². The average Bonchev–Trinajstić information content (AvgIpc) is 2.63. The van der Waals surface area contributed by atoms with E-state index < -0.39 is 24.4 Å². The number of likely N-dealkylation sites (N-methyl/N-ethyl adjacent to an activating group) is 1. The number of cyclic esters (lactones) is 1. The molecular formula is C13H22F2N2O2. The van der Waals surface area contributed by atoms with Gasteiger partial charge in [0.1, 0.15) is 6.10 Å². The highest BCUT2D eigenvalue weighted by molar-refractivity contribution is 5.79. The number of ether oxygens (including phenoxy) is 1. The number of esters is 1. The van der Waals surface area contributed by atoms with Gasteiger partial charge >= 0.3 is 11.9 Å². The van der Waals surface area contributed by atoms with E-state index in [-0.39, 0.29) is 0 Å². The van der Waals surface area contributed by atoms with Crippen LogP contribution in [0.25, 0.3) is 0 Å².